The first-order valence-corrected chi connectivity index (χ1v) is 14.8. The Bertz CT molecular complexity index is 1640. The molecule has 3 aromatic rings. The van der Waals surface area contributed by atoms with Gasteiger partial charge in [-0.1, -0.05) is 6.07 Å². The summed E-state index contributed by atoms with van der Waals surface area (Å²) in [6.45, 7) is 3.52. The molecule has 0 saturated carbocycles. The lowest BCUT2D eigenvalue weighted by Crippen LogP contribution is -2.26. The van der Waals surface area contributed by atoms with E-state index in [1.807, 2.05) is 12.1 Å². The standard InChI is InChI=1S/C31H36N4O8S/c1-16-27(30(39)43-6)35-31(44-16)34-25(38)8-7-13-32-22-12-10-19-20(15-23(22)37)21(33-17(2)36)11-9-18-14-24(40-3)28(41-4)29(42-5)26(18)19/h10,12,14-15,21H,7-9,11,13H2,1-6H3,(H,32,37)(H,33,36)(H,34,35,38). The van der Waals surface area contributed by atoms with Crippen LogP contribution in [0, 0.1) is 6.92 Å². The van der Waals surface area contributed by atoms with E-state index in [-0.39, 0.29) is 29.4 Å². The molecule has 12 nitrogen and oxygen atoms in total. The first-order chi connectivity index (χ1) is 21.1. The second-order valence-corrected chi connectivity index (χ2v) is 11.3. The van der Waals surface area contributed by atoms with Crippen LogP contribution in [-0.4, -0.2) is 57.8 Å². The number of nitrogens with one attached hydrogen (secondary N) is 3. The molecule has 1 atom stereocenters. The van der Waals surface area contributed by atoms with E-state index in [9.17, 15) is 19.2 Å². The summed E-state index contributed by atoms with van der Waals surface area (Å²) in [6, 6.07) is 6.56. The number of nitrogens with zero attached hydrogens (tertiary/aromatic N) is 1. The van der Waals surface area contributed by atoms with Crippen molar-refractivity contribution in [2.24, 2.45) is 0 Å². The fraction of sp³-hybridized carbons (Fsp3) is 0.387. The van der Waals surface area contributed by atoms with Crippen LogP contribution in [0.3, 0.4) is 0 Å². The van der Waals surface area contributed by atoms with Crippen molar-refractivity contribution in [3.8, 4) is 28.4 Å². The molecule has 13 heteroatoms. The van der Waals surface area contributed by atoms with Gasteiger partial charge in [0.15, 0.2) is 22.3 Å². The van der Waals surface area contributed by atoms with Gasteiger partial charge in [0.25, 0.3) is 0 Å². The normalized spacial score (nSPS) is 13.5. The molecule has 0 radical (unpaired) electrons. The van der Waals surface area contributed by atoms with Gasteiger partial charge in [-0.05, 0) is 61.1 Å². The Morgan fingerprint density at radius 3 is 2.45 bits per heavy atom. The molecule has 4 rings (SSSR count). The largest absolute Gasteiger partial charge is 0.493 e. The Kier molecular flexibility index (Phi) is 10.4. The molecule has 1 aromatic heterocycles. The molecular formula is C31H36N4O8S. The number of carbonyl (C=O) groups excluding carboxylic acids is 3. The van der Waals surface area contributed by atoms with Gasteiger partial charge in [0.1, 0.15) is 0 Å². The highest BCUT2D eigenvalue weighted by Gasteiger charge is 2.29. The number of anilines is 2. The summed E-state index contributed by atoms with van der Waals surface area (Å²) in [5.74, 6) is 0.384. The van der Waals surface area contributed by atoms with Gasteiger partial charge in [-0.3, -0.25) is 14.4 Å². The van der Waals surface area contributed by atoms with Crippen molar-refractivity contribution in [3.63, 3.8) is 0 Å². The van der Waals surface area contributed by atoms with Crippen molar-refractivity contribution in [2.45, 2.75) is 45.6 Å². The van der Waals surface area contributed by atoms with Gasteiger partial charge in [0.2, 0.25) is 23.0 Å². The van der Waals surface area contributed by atoms with E-state index in [0.29, 0.717) is 64.3 Å². The van der Waals surface area contributed by atoms with Crippen LogP contribution in [0.15, 0.2) is 29.1 Å². The fourth-order valence-electron chi connectivity index (χ4n) is 5.24. The summed E-state index contributed by atoms with van der Waals surface area (Å²) in [6.07, 6.45) is 1.75. The minimum atomic E-state index is -0.561. The summed E-state index contributed by atoms with van der Waals surface area (Å²) in [4.78, 5) is 54.6. The van der Waals surface area contributed by atoms with E-state index in [0.717, 1.165) is 16.7 Å². The molecule has 2 aromatic carbocycles. The third-order valence-electron chi connectivity index (χ3n) is 7.23. The van der Waals surface area contributed by atoms with Crippen molar-refractivity contribution >= 4 is 39.9 Å². The number of benzene rings is 1. The van der Waals surface area contributed by atoms with Crippen LogP contribution < -0.4 is 35.6 Å². The number of ether oxygens (including phenoxy) is 4. The SMILES string of the molecule is COC(=O)c1nc(NC(=O)CCCNc2ccc3c(cc2=O)C(NC(C)=O)CCc2cc(OC)c(OC)c(OC)c2-3)sc1C. The van der Waals surface area contributed by atoms with Crippen molar-refractivity contribution in [1.29, 1.82) is 0 Å². The Hall–Kier alpha value is -4.65. The summed E-state index contributed by atoms with van der Waals surface area (Å²) in [5, 5.41) is 9.16. The van der Waals surface area contributed by atoms with Crippen LogP contribution >= 0.6 is 11.3 Å². The monoisotopic (exact) mass is 624 g/mol. The number of rotatable bonds is 11. The van der Waals surface area contributed by atoms with E-state index < -0.39 is 12.0 Å². The van der Waals surface area contributed by atoms with E-state index >= 15 is 0 Å². The highest BCUT2D eigenvalue weighted by Crippen LogP contribution is 2.50. The molecule has 2 amide bonds. The zero-order chi connectivity index (χ0) is 32.0. The third kappa shape index (κ3) is 6.94. The van der Waals surface area contributed by atoms with Gasteiger partial charge < -0.3 is 34.9 Å². The Balaban J connectivity index is 1.58. The average Bonchev–Trinajstić information content (AvgIpc) is 3.20. The lowest BCUT2D eigenvalue weighted by molar-refractivity contribution is -0.119. The van der Waals surface area contributed by atoms with E-state index in [2.05, 4.69) is 20.9 Å². The molecule has 0 saturated heterocycles. The number of amides is 2. The predicted molar refractivity (Wildman–Crippen MR) is 167 cm³/mol. The first kappa shape index (κ1) is 32.3. The molecule has 1 aliphatic rings. The molecule has 234 valence electrons. The van der Waals surface area contributed by atoms with Crippen LogP contribution in [-0.2, 0) is 20.7 Å². The Morgan fingerprint density at radius 2 is 1.80 bits per heavy atom. The number of carbonyl (C=O) groups is 3. The molecule has 3 N–H and O–H groups in total. The molecule has 1 unspecified atom stereocenters. The second-order valence-electron chi connectivity index (χ2n) is 10.1. The maximum atomic E-state index is 13.4. The highest BCUT2D eigenvalue weighted by molar-refractivity contribution is 7.16. The number of esters is 1. The van der Waals surface area contributed by atoms with E-state index in [1.165, 1.54) is 32.5 Å². The molecule has 0 spiro atoms. The number of methoxy groups -OCH3 is 4. The first-order valence-electron chi connectivity index (χ1n) is 14.0. The van der Waals surface area contributed by atoms with Crippen molar-refractivity contribution < 1.29 is 33.3 Å². The van der Waals surface area contributed by atoms with Gasteiger partial charge in [0.05, 0.1) is 40.2 Å². The van der Waals surface area contributed by atoms with Gasteiger partial charge >= 0.3 is 5.97 Å². The third-order valence-corrected chi connectivity index (χ3v) is 8.12. The maximum Gasteiger partial charge on any atom is 0.357 e. The number of hydrogen-bond donors (Lipinski definition) is 3. The number of fused-ring (bicyclic) bond motifs is 3. The fourth-order valence-corrected chi connectivity index (χ4v) is 6.06. The second kappa shape index (κ2) is 14.2. The average molecular weight is 625 g/mol. The van der Waals surface area contributed by atoms with Gasteiger partial charge in [0, 0.05) is 30.3 Å². The number of hydrogen-bond acceptors (Lipinski definition) is 11. The minimum absolute atomic E-state index is 0.166. The van der Waals surface area contributed by atoms with Crippen molar-refractivity contribution in [3.05, 3.63) is 56.2 Å². The zero-order valence-electron chi connectivity index (χ0n) is 25.5. The van der Waals surface area contributed by atoms with E-state index in [4.69, 9.17) is 18.9 Å². The summed E-state index contributed by atoms with van der Waals surface area (Å²) < 4.78 is 21.7. The predicted octanol–water partition coefficient (Wildman–Crippen LogP) is 4.25. The molecule has 44 heavy (non-hydrogen) atoms. The van der Waals surface area contributed by atoms with Crippen LogP contribution in [0.2, 0.25) is 0 Å². The highest BCUT2D eigenvalue weighted by atomic mass is 32.1. The Labute approximate surface area is 259 Å². The van der Waals surface area contributed by atoms with Crippen molar-refractivity contribution in [2.75, 3.05) is 45.6 Å². The molecule has 1 aliphatic carbocycles. The number of aryl methyl sites for hydroxylation is 2. The molecule has 0 fully saturated rings. The van der Waals surface area contributed by atoms with Crippen LogP contribution in [0.25, 0.3) is 11.1 Å². The van der Waals surface area contributed by atoms with Crippen LogP contribution in [0.1, 0.15) is 58.7 Å². The molecule has 0 bridgehead atoms. The molecule has 1 heterocycles. The lowest BCUT2D eigenvalue weighted by atomic mass is 9.95. The molecule has 0 aliphatic heterocycles. The van der Waals surface area contributed by atoms with Gasteiger partial charge in [-0.15, -0.1) is 11.3 Å². The topological polar surface area (TPSA) is 154 Å². The summed E-state index contributed by atoms with van der Waals surface area (Å²) in [5.41, 5.74) is 3.34. The minimum Gasteiger partial charge on any atom is -0.493 e. The van der Waals surface area contributed by atoms with Crippen LogP contribution in [0.4, 0.5) is 10.8 Å². The molecular weight excluding hydrogens is 588 g/mol. The number of aromatic nitrogens is 1. The Morgan fingerprint density at radius 1 is 1.05 bits per heavy atom. The van der Waals surface area contributed by atoms with Crippen molar-refractivity contribution in [1.82, 2.24) is 10.3 Å². The zero-order valence-corrected chi connectivity index (χ0v) is 26.4. The van der Waals surface area contributed by atoms with Gasteiger partial charge in [-0.25, -0.2) is 9.78 Å². The maximum absolute atomic E-state index is 13.4. The lowest BCUT2D eigenvalue weighted by Gasteiger charge is -2.19. The smallest absolute Gasteiger partial charge is 0.357 e. The number of thiazole rings is 1. The quantitative estimate of drug-likeness (QED) is 0.208. The van der Waals surface area contributed by atoms with Crippen LogP contribution in [0.5, 0.6) is 17.2 Å². The van der Waals surface area contributed by atoms with E-state index in [1.54, 1.807) is 33.3 Å². The van der Waals surface area contributed by atoms with Gasteiger partial charge in [-0.2, -0.15) is 0 Å². The summed E-state index contributed by atoms with van der Waals surface area (Å²) >= 11 is 1.19. The summed E-state index contributed by atoms with van der Waals surface area (Å²) in [7, 11) is 5.91.